The fourth-order valence-corrected chi connectivity index (χ4v) is 1.90. The molecule has 1 N–H and O–H groups in total. The Hall–Kier alpha value is -1.61. The van der Waals surface area contributed by atoms with Crippen LogP contribution in [-0.4, -0.2) is 14.9 Å². The second-order valence-electron chi connectivity index (χ2n) is 4.54. The Morgan fingerprint density at radius 2 is 2.19 bits per heavy atom. The molecule has 3 nitrogen and oxygen atoms in total. The Kier molecular flexibility index (Phi) is 1.91. The van der Waals surface area contributed by atoms with Crippen LogP contribution in [0.25, 0.3) is 5.69 Å². The Labute approximate surface area is 94.3 Å². The maximum absolute atomic E-state index is 10.0. The van der Waals surface area contributed by atoms with Crippen molar-refractivity contribution < 1.29 is 5.11 Å². The minimum absolute atomic E-state index is 0.571. The lowest BCUT2D eigenvalue weighted by molar-refractivity contribution is 0.151. The van der Waals surface area contributed by atoms with Crippen molar-refractivity contribution in [2.75, 3.05) is 0 Å². The van der Waals surface area contributed by atoms with Crippen LogP contribution < -0.4 is 0 Å². The SMILES string of the molecule is Cc1cnn(-c2cccc(C3(O)CC3)c2)c1. The minimum atomic E-state index is -0.571. The monoisotopic (exact) mass is 214 g/mol. The molecule has 0 amide bonds. The van der Waals surface area contributed by atoms with Crippen LogP contribution in [0.3, 0.4) is 0 Å². The average molecular weight is 214 g/mol. The number of aliphatic hydroxyl groups is 1. The summed E-state index contributed by atoms with van der Waals surface area (Å²) in [6.07, 6.45) is 5.55. The summed E-state index contributed by atoms with van der Waals surface area (Å²) in [7, 11) is 0. The Morgan fingerprint density at radius 3 is 2.81 bits per heavy atom. The van der Waals surface area contributed by atoms with Gasteiger partial charge in [-0.25, -0.2) is 4.68 Å². The van der Waals surface area contributed by atoms with Crippen LogP contribution in [0.2, 0.25) is 0 Å². The zero-order valence-electron chi connectivity index (χ0n) is 9.22. The normalized spacial score (nSPS) is 17.4. The molecule has 82 valence electrons. The number of nitrogens with zero attached hydrogens (tertiary/aromatic N) is 2. The number of aromatic nitrogens is 2. The van der Waals surface area contributed by atoms with E-state index in [1.807, 2.05) is 48.3 Å². The van der Waals surface area contributed by atoms with E-state index in [1.165, 1.54) is 0 Å². The molecule has 3 rings (SSSR count). The summed E-state index contributed by atoms with van der Waals surface area (Å²) in [6.45, 7) is 2.02. The highest BCUT2D eigenvalue weighted by Gasteiger charge is 2.42. The van der Waals surface area contributed by atoms with E-state index in [9.17, 15) is 5.11 Å². The van der Waals surface area contributed by atoms with Crippen LogP contribution >= 0.6 is 0 Å². The van der Waals surface area contributed by atoms with Crippen LogP contribution in [-0.2, 0) is 5.60 Å². The van der Waals surface area contributed by atoms with E-state index in [-0.39, 0.29) is 0 Å². The van der Waals surface area contributed by atoms with Crippen molar-refractivity contribution in [1.82, 2.24) is 9.78 Å². The van der Waals surface area contributed by atoms with Gasteiger partial charge in [0.15, 0.2) is 0 Å². The van der Waals surface area contributed by atoms with Gasteiger partial charge < -0.3 is 5.11 Å². The summed E-state index contributed by atoms with van der Waals surface area (Å²) >= 11 is 0. The third-order valence-electron chi connectivity index (χ3n) is 3.08. The summed E-state index contributed by atoms with van der Waals surface area (Å²) in [6, 6.07) is 7.96. The summed E-state index contributed by atoms with van der Waals surface area (Å²) in [5, 5.41) is 14.3. The first kappa shape index (κ1) is 9.60. The van der Waals surface area contributed by atoms with Crippen molar-refractivity contribution in [3.8, 4) is 5.69 Å². The lowest BCUT2D eigenvalue weighted by atomic mass is 10.1. The van der Waals surface area contributed by atoms with Gasteiger partial charge in [0.2, 0.25) is 0 Å². The number of benzene rings is 1. The summed E-state index contributed by atoms with van der Waals surface area (Å²) in [5.74, 6) is 0. The van der Waals surface area contributed by atoms with Crippen LogP contribution in [0.1, 0.15) is 24.0 Å². The van der Waals surface area contributed by atoms with Gasteiger partial charge in [0.05, 0.1) is 17.5 Å². The molecule has 1 aromatic carbocycles. The molecule has 1 fully saturated rings. The van der Waals surface area contributed by atoms with Crippen molar-refractivity contribution >= 4 is 0 Å². The second-order valence-corrected chi connectivity index (χ2v) is 4.54. The Bertz CT molecular complexity index is 526. The Morgan fingerprint density at radius 1 is 1.38 bits per heavy atom. The average Bonchev–Trinajstić information content (AvgIpc) is 2.89. The molecule has 0 saturated heterocycles. The van der Waals surface area contributed by atoms with Gasteiger partial charge in [0.25, 0.3) is 0 Å². The smallest absolute Gasteiger partial charge is 0.0899 e. The summed E-state index contributed by atoms with van der Waals surface area (Å²) in [5.41, 5.74) is 2.57. The van der Waals surface area contributed by atoms with Gasteiger partial charge in [-0.15, -0.1) is 0 Å². The van der Waals surface area contributed by atoms with E-state index < -0.39 is 5.60 Å². The molecule has 1 saturated carbocycles. The molecule has 1 aliphatic rings. The van der Waals surface area contributed by atoms with Crippen LogP contribution in [0, 0.1) is 6.92 Å². The van der Waals surface area contributed by atoms with E-state index >= 15 is 0 Å². The predicted octanol–water partition coefficient (Wildman–Crippen LogP) is 2.16. The van der Waals surface area contributed by atoms with E-state index in [1.54, 1.807) is 0 Å². The summed E-state index contributed by atoms with van der Waals surface area (Å²) < 4.78 is 1.84. The van der Waals surface area contributed by atoms with E-state index in [0.29, 0.717) is 0 Å². The first-order valence-electron chi connectivity index (χ1n) is 5.52. The van der Waals surface area contributed by atoms with Gasteiger partial charge in [-0.05, 0) is 43.0 Å². The first-order chi connectivity index (χ1) is 7.67. The van der Waals surface area contributed by atoms with Crippen molar-refractivity contribution in [3.05, 3.63) is 47.8 Å². The van der Waals surface area contributed by atoms with E-state index in [4.69, 9.17) is 0 Å². The molecular formula is C13H14N2O. The molecule has 1 aliphatic carbocycles. The molecule has 16 heavy (non-hydrogen) atoms. The second kappa shape index (κ2) is 3.19. The molecular weight excluding hydrogens is 200 g/mol. The lowest BCUT2D eigenvalue weighted by Crippen LogP contribution is -2.05. The molecule has 2 aromatic rings. The number of aryl methyl sites for hydroxylation is 1. The van der Waals surface area contributed by atoms with Crippen molar-refractivity contribution in [1.29, 1.82) is 0 Å². The fraction of sp³-hybridized carbons (Fsp3) is 0.308. The molecule has 1 aromatic heterocycles. The maximum atomic E-state index is 10.0. The van der Waals surface area contributed by atoms with Gasteiger partial charge in [0.1, 0.15) is 0 Å². The van der Waals surface area contributed by atoms with Crippen molar-refractivity contribution in [3.63, 3.8) is 0 Å². The van der Waals surface area contributed by atoms with Crippen LogP contribution in [0.5, 0.6) is 0 Å². The predicted molar refractivity (Wildman–Crippen MR) is 61.4 cm³/mol. The lowest BCUT2D eigenvalue weighted by Gasteiger charge is -2.09. The van der Waals surface area contributed by atoms with Crippen LogP contribution in [0.4, 0.5) is 0 Å². The van der Waals surface area contributed by atoms with Gasteiger partial charge in [-0.1, -0.05) is 12.1 Å². The zero-order chi connectivity index (χ0) is 11.2. The number of rotatable bonds is 2. The standard InChI is InChI=1S/C13H14N2O/c1-10-8-14-15(9-10)12-4-2-3-11(7-12)13(16)5-6-13/h2-4,7-9,16H,5-6H2,1H3. The quantitative estimate of drug-likeness (QED) is 0.832. The third kappa shape index (κ3) is 1.53. The van der Waals surface area contributed by atoms with Gasteiger partial charge in [-0.2, -0.15) is 5.10 Å². The molecule has 3 heteroatoms. The summed E-state index contributed by atoms with van der Waals surface area (Å²) in [4.78, 5) is 0. The molecule has 0 radical (unpaired) electrons. The number of hydrogen-bond donors (Lipinski definition) is 1. The molecule has 0 unspecified atom stereocenters. The topological polar surface area (TPSA) is 38.0 Å². The van der Waals surface area contributed by atoms with Crippen molar-refractivity contribution in [2.24, 2.45) is 0 Å². The first-order valence-corrected chi connectivity index (χ1v) is 5.52. The van der Waals surface area contributed by atoms with Gasteiger partial charge in [0, 0.05) is 6.20 Å². The van der Waals surface area contributed by atoms with E-state index in [2.05, 4.69) is 5.10 Å². The molecule has 0 atom stereocenters. The van der Waals surface area contributed by atoms with E-state index in [0.717, 1.165) is 29.7 Å². The fourth-order valence-electron chi connectivity index (χ4n) is 1.90. The molecule has 0 bridgehead atoms. The van der Waals surface area contributed by atoms with Crippen LogP contribution in [0.15, 0.2) is 36.7 Å². The Balaban J connectivity index is 2.02. The van der Waals surface area contributed by atoms with Crippen molar-refractivity contribution in [2.45, 2.75) is 25.4 Å². The molecule has 1 heterocycles. The molecule has 0 spiro atoms. The van der Waals surface area contributed by atoms with Gasteiger partial charge >= 0.3 is 0 Å². The number of hydrogen-bond acceptors (Lipinski definition) is 2. The minimum Gasteiger partial charge on any atom is -0.385 e. The van der Waals surface area contributed by atoms with Gasteiger partial charge in [-0.3, -0.25) is 0 Å². The third-order valence-corrected chi connectivity index (χ3v) is 3.08. The molecule has 0 aliphatic heterocycles. The zero-order valence-corrected chi connectivity index (χ0v) is 9.22. The largest absolute Gasteiger partial charge is 0.385 e. The maximum Gasteiger partial charge on any atom is 0.0899 e. The highest BCUT2D eigenvalue weighted by molar-refractivity contribution is 5.39. The highest BCUT2D eigenvalue weighted by Crippen LogP contribution is 2.45. The highest BCUT2D eigenvalue weighted by atomic mass is 16.3.